The van der Waals surface area contributed by atoms with Crippen LogP contribution in [0.4, 0.5) is 0 Å². The van der Waals surface area contributed by atoms with Crippen LogP contribution in [0.1, 0.15) is 44.3 Å². The first-order valence-corrected chi connectivity index (χ1v) is 8.11. The summed E-state index contributed by atoms with van der Waals surface area (Å²) in [5, 5.41) is 10.8. The maximum atomic E-state index is 10.8. The van der Waals surface area contributed by atoms with Gasteiger partial charge < -0.3 is 14.6 Å². The molecule has 0 aliphatic carbocycles. The minimum Gasteiger partial charge on any atom is -0.494 e. The zero-order valence-electron chi connectivity index (χ0n) is 12.8. The summed E-state index contributed by atoms with van der Waals surface area (Å²) in [6.45, 7) is 5.29. The SMILES string of the molecule is CCOc1ccc2c(c1)C(O)C(N1CCCCCC1)CO2. The lowest BCUT2D eigenvalue weighted by Crippen LogP contribution is -2.46. The van der Waals surface area contributed by atoms with E-state index in [9.17, 15) is 5.11 Å². The summed E-state index contributed by atoms with van der Waals surface area (Å²) in [4.78, 5) is 2.40. The average Bonchev–Trinajstić information content (AvgIpc) is 2.78. The van der Waals surface area contributed by atoms with E-state index in [2.05, 4.69) is 4.90 Å². The third-order valence-electron chi connectivity index (χ3n) is 4.49. The van der Waals surface area contributed by atoms with Crippen LogP contribution in [0.2, 0.25) is 0 Å². The van der Waals surface area contributed by atoms with Crippen molar-refractivity contribution < 1.29 is 14.6 Å². The van der Waals surface area contributed by atoms with E-state index in [0.29, 0.717) is 13.2 Å². The number of likely N-dealkylation sites (tertiary alicyclic amines) is 1. The topological polar surface area (TPSA) is 41.9 Å². The fourth-order valence-corrected chi connectivity index (χ4v) is 3.35. The highest BCUT2D eigenvalue weighted by Crippen LogP contribution is 2.37. The summed E-state index contributed by atoms with van der Waals surface area (Å²) in [6, 6.07) is 5.80. The van der Waals surface area contributed by atoms with Gasteiger partial charge in [0.05, 0.1) is 12.6 Å². The molecule has 2 atom stereocenters. The van der Waals surface area contributed by atoms with Crippen LogP contribution in [-0.4, -0.2) is 42.4 Å². The van der Waals surface area contributed by atoms with Gasteiger partial charge in [0, 0.05) is 5.56 Å². The van der Waals surface area contributed by atoms with Crippen LogP contribution in [0.5, 0.6) is 11.5 Å². The predicted molar refractivity (Wildman–Crippen MR) is 81.9 cm³/mol. The molecule has 0 spiro atoms. The summed E-state index contributed by atoms with van der Waals surface area (Å²) in [6.07, 6.45) is 4.54. The second-order valence-electron chi connectivity index (χ2n) is 5.91. The Morgan fingerprint density at radius 3 is 2.71 bits per heavy atom. The van der Waals surface area contributed by atoms with Crippen LogP contribution in [-0.2, 0) is 0 Å². The quantitative estimate of drug-likeness (QED) is 0.930. The van der Waals surface area contributed by atoms with E-state index in [1.807, 2.05) is 25.1 Å². The third kappa shape index (κ3) is 3.16. The summed E-state index contributed by atoms with van der Waals surface area (Å²) in [7, 11) is 0. The molecule has 116 valence electrons. The number of aliphatic hydroxyl groups is 1. The molecule has 0 amide bonds. The van der Waals surface area contributed by atoms with Gasteiger partial charge in [-0.05, 0) is 51.1 Å². The molecule has 1 aromatic carbocycles. The Bertz CT molecular complexity index is 469. The Morgan fingerprint density at radius 1 is 1.24 bits per heavy atom. The maximum absolute atomic E-state index is 10.8. The smallest absolute Gasteiger partial charge is 0.125 e. The molecule has 2 aliphatic heterocycles. The van der Waals surface area contributed by atoms with Crippen molar-refractivity contribution in [3.05, 3.63) is 23.8 Å². The Labute approximate surface area is 126 Å². The molecule has 21 heavy (non-hydrogen) atoms. The molecule has 1 fully saturated rings. The zero-order valence-corrected chi connectivity index (χ0v) is 12.8. The largest absolute Gasteiger partial charge is 0.494 e. The number of ether oxygens (including phenoxy) is 2. The number of rotatable bonds is 3. The average molecular weight is 291 g/mol. The lowest BCUT2D eigenvalue weighted by Gasteiger charge is -2.38. The van der Waals surface area contributed by atoms with Gasteiger partial charge in [0.2, 0.25) is 0 Å². The highest BCUT2D eigenvalue weighted by atomic mass is 16.5. The number of fused-ring (bicyclic) bond motifs is 1. The van der Waals surface area contributed by atoms with Crippen molar-refractivity contribution in [3.63, 3.8) is 0 Å². The molecule has 4 heteroatoms. The van der Waals surface area contributed by atoms with Gasteiger partial charge in [0.1, 0.15) is 24.2 Å². The summed E-state index contributed by atoms with van der Waals surface area (Å²) in [5.74, 6) is 1.59. The monoisotopic (exact) mass is 291 g/mol. The third-order valence-corrected chi connectivity index (χ3v) is 4.49. The van der Waals surface area contributed by atoms with Crippen LogP contribution < -0.4 is 9.47 Å². The lowest BCUT2D eigenvalue weighted by molar-refractivity contribution is 0.00465. The van der Waals surface area contributed by atoms with Crippen molar-refractivity contribution in [1.82, 2.24) is 4.90 Å². The van der Waals surface area contributed by atoms with Crippen molar-refractivity contribution >= 4 is 0 Å². The first-order chi connectivity index (χ1) is 10.3. The molecule has 2 unspecified atom stereocenters. The van der Waals surface area contributed by atoms with Crippen LogP contribution in [0.3, 0.4) is 0 Å². The van der Waals surface area contributed by atoms with Gasteiger partial charge in [-0.3, -0.25) is 4.90 Å². The minimum atomic E-state index is -0.493. The molecule has 0 aromatic heterocycles. The Morgan fingerprint density at radius 2 is 2.00 bits per heavy atom. The van der Waals surface area contributed by atoms with E-state index in [-0.39, 0.29) is 6.04 Å². The Hall–Kier alpha value is -1.26. The van der Waals surface area contributed by atoms with Gasteiger partial charge in [-0.15, -0.1) is 0 Å². The second-order valence-corrected chi connectivity index (χ2v) is 5.91. The van der Waals surface area contributed by atoms with E-state index < -0.39 is 6.10 Å². The highest BCUT2D eigenvalue weighted by molar-refractivity contribution is 5.43. The molecule has 1 aromatic rings. The normalized spacial score (nSPS) is 26.6. The first kappa shape index (κ1) is 14.7. The Kier molecular flexibility index (Phi) is 4.66. The molecule has 3 rings (SSSR count). The van der Waals surface area contributed by atoms with E-state index >= 15 is 0 Å². The number of nitrogens with zero attached hydrogens (tertiary/aromatic N) is 1. The summed E-state index contributed by atoms with van der Waals surface area (Å²) < 4.78 is 11.4. The lowest BCUT2D eigenvalue weighted by atomic mass is 9.97. The minimum absolute atomic E-state index is 0.0625. The van der Waals surface area contributed by atoms with Crippen molar-refractivity contribution in [2.75, 3.05) is 26.3 Å². The van der Waals surface area contributed by atoms with Crippen LogP contribution in [0, 0.1) is 0 Å². The molecular weight excluding hydrogens is 266 g/mol. The molecule has 0 saturated carbocycles. The van der Waals surface area contributed by atoms with Gasteiger partial charge in [-0.2, -0.15) is 0 Å². The Balaban J connectivity index is 1.79. The second kappa shape index (κ2) is 6.67. The van der Waals surface area contributed by atoms with Crippen LogP contribution >= 0.6 is 0 Å². The van der Waals surface area contributed by atoms with Crippen molar-refractivity contribution in [1.29, 1.82) is 0 Å². The molecule has 4 nitrogen and oxygen atoms in total. The number of hydrogen-bond donors (Lipinski definition) is 1. The molecule has 0 radical (unpaired) electrons. The molecular formula is C17H25NO3. The number of benzene rings is 1. The van der Waals surface area contributed by atoms with Gasteiger partial charge in [0.15, 0.2) is 0 Å². The number of hydrogen-bond acceptors (Lipinski definition) is 4. The number of aliphatic hydroxyl groups excluding tert-OH is 1. The van der Waals surface area contributed by atoms with Crippen molar-refractivity contribution in [2.45, 2.75) is 44.8 Å². The molecule has 0 bridgehead atoms. The molecule has 1 saturated heterocycles. The first-order valence-electron chi connectivity index (χ1n) is 8.11. The fraction of sp³-hybridized carbons (Fsp3) is 0.647. The van der Waals surface area contributed by atoms with Gasteiger partial charge in [0.25, 0.3) is 0 Å². The molecule has 1 N–H and O–H groups in total. The molecule has 2 aliphatic rings. The van der Waals surface area contributed by atoms with Crippen molar-refractivity contribution in [2.24, 2.45) is 0 Å². The molecule has 2 heterocycles. The van der Waals surface area contributed by atoms with Gasteiger partial charge >= 0.3 is 0 Å². The van der Waals surface area contributed by atoms with E-state index in [4.69, 9.17) is 9.47 Å². The maximum Gasteiger partial charge on any atom is 0.125 e. The van der Waals surface area contributed by atoms with Crippen LogP contribution in [0.15, 0.2) is 18.2 Å². The predicted octanol–water partition coefficient (Wildman–Crippen LogP) is 2.76. The van der Waals surface area contributed by atoms with E-state index in [1.54, 1.807) is 0 Å². The van der Waals surface area contributed by atoms with Crippen molar-refractivity contribution in [3.8, 4) is 11.5 Å². The standard InChI is InChI=1S/C17H25NO3/c1-2-20-13-7-8-16-14(11-13)17(19)15(12-21-16)18-9-5-3-4-6-10-18/h7-8,11,15,17,19H,2-6,9-10,12H2,1H3. The van der Waals surface area contributed by atoms with Crippen LogP contribution in [0.25, 0.3) is 0 Å². The van der Waals surface area contributed by atoms with E-state index in [1.165, 1.54) is 25.7 Å². The van der Waals surface area contributed by atoms with Gasteiger partial charge in [-0.1, -0.05) is 12.8 Å². The summed E-state index contributed by atoms with van der Waals surface area (Å²) in [5.41, 5.74) is 0.862. The summed E-state index contributed by atoms with van der Waals surface area (Å²) >= 11 is 0. The zero-order chi connectivity index (χ0) is 14.7. The van der Waals surface area contributed by atoms with Gasteiger partial charge in [-0.25, -0.2) is 0 Å². The fourth-order valence-electron chi connectivity index (χ4n) is 3.35. The van der Waals surface area contributed by atoms with E-state index in [0.717, 1.165) is 30.2 Å². The highest BCUT2D eigenvalue weighted by Gasteiger charge is 2.34.